The maximum atomic E-state index is 6.90. The van der Waals surface area contributed by atoms with Gasteiger partial charge in [0.25, 0.3) is 0 Å². The topological polar surface area (TPSA) is 27.1 Å². The van der Waals surface area contributed by atoms with Crippen LogP contribution in [0, 0.1) is 18.8 Å². The number of fused-ring (bicyclic) bond motifs is 7. The van der Waals surface area contributed by atoms with E-state index in [1.807, 2.05) is 12.3 Å². The van der Waals surface area contributed by atoms with E-state index in [-0.39, 0.29) is 37.3 Å². The molecule has 0 bridgehead atoms. The fourth-order valence-electron chi connectivity index (χ4n) is 8.96. The van der Waals surface area contributed by atoms with E-state index >= 15 is 0 Å². The van der Waals surface area contributed by atoms with E-state index in [9.17, 15) is 0 Å². The minimum atomic E-state index is -0.146. The summed E-state index contributed by atoms with van der Waals surface area (Å²) >= 11 is 0. The maximum absolute atomic E-state index is 6.90. The second kappa shape index (κ2) is 13.9. The van der Waals surface area contributed by atoms with Gasteiger partial charge >= 0.3 is 0 Å². The summed E-state index contributed by atoms with van der Waals surface area (Å²) in [5.41, 5.74) is 12.8. The summed E-state index contributed by atoms with van der Waals surface area (Å²) in [6, 6.07) is 55.8. The largest absolute Gasteiger partial charge is 0.509 e. The number of pyridine rings is 1. The average Bonchev–Trinajstić information content (AvgIpc) is 3.71. The van der Waals surface area contributed by atoms with E-state index in [2.05, 4.69) is 213 Å². The Balaban J connectivity index is 0.00000462. The number of nitrogens with zero attached hydrogens (tertiary/aromatic N) is 4. The van der Waals surface area contributed by atoms with Gasteiger partial charge < -0.3 is 9.30 Å². The van der Waals surface area contributed by atoms with Crippen molar-refractivity contribution < 1.29 is 25.8 Å². The summed E-state index contributed by atoms with van der Waals surface area (Å²) < 4.78 is 10.2. The molecule has 0 radical (unpaired) electrons. The predicted octanol–water partition coefficient (Wildman–Crippen LogP) is 14.5. The Bertz CT molecular complexity index is 2960. The summed E-state index contributed by atoms with van der Waals surface area (Å²) in [6.45, 7) is 22.9. The minimum absolute atomic E-state index is 0. The molecule has 60 heavy (non-hydrogen) atoms. The first-order valence-electron chi connectivity index (χ1n) is 20.7. The number of benzene rings is 6. The van der Waals surface area contributed by atoms with Gasteiger partial charge in [-0.25, -0.2) is 9.58 Å². The van der Waals surface area contributed by atoms with Crippen molar-refractivity contribution in [1.82, 2.24) is 18.7 Å². The second-order valence-electron chi connectivity index (χ2n) is 19.4. The van der Waals surface area contributed by atoms with Crippen LogP contribution in [0.15, 0.2) is 140 Å². The zero-order valence-electron chi connectivity index (χ0n) is 35.9. The van der Waals surface area contributed by atoms with Crippen molar-refractivity contribution in [2.45, 2.75) is 78.6 Å². The van der Waals surface area contributed by atoms with Crippen LogP contribution in [-0.4, -0.2) is 9.55 Å². The molecule has 2 aliphatic heterocycles. The Labute approximate surface area is 369 Å². The maximum Gasteiger partial charge on any atom is 0.225 e. The van der Waals surface area contributed by atoms with E-state index in [0.717, 1.165) is 33.3 Å². The fraction of sp³-hybridized carbons (Fsp3) is 0.222. The SMILES string of the molecule is CC(C)(C)c1cc(Oc2[c-]c3c(cc2)c2ccccc2n3-c2cc(C(C)(C)C)ccn2)[c-]c([N+]23[CH-][N@+]2(c2cc(-c4ccccc4)cc(C(C)(C)C)c2)c2ccccc23)c1.[Pt]. The van der Waals surface area contributed by atoms with Crippen LogP contribution in [0.2, 0.25) is 0 Å². The molecule has 5 nitrogen and oxygen atoms in total. The molecule has 1 fully saturated rings. The van der Waals surface area contributed by atoms with Gasteiger partial charge in [0, 0.05) is 68.5 Å². The van der Waals surface area contributed by atoms with Crippen molar-refractivity contribution in [3.8, 4) is 28.4 Å². The van der Waals surface area contributed by atoms with Crippen molar-refractivity contribution in [2.75, 3.05) is 0 Å². The van der Waals surface area contributed by atoms with Gasteiger partial charge in [-0.15, -0.1) is 35.2 Å². The first-order valence-corrected chi connectivity index (χ1v) is 20.7. The Hall–Kier alpha value is -5.32. The molecule has 2 aromatic heterocycles. The van der Waals surface area contributed by atoms with Crippen LogP contribution in [0.5, 0.6) is 11.5 Å². The van der Waals surface area contributed by atoms with Gasteiger partial charge in [-0.2, -0.15) is 10.7 Å². The van der Waals surface area contributed by atoms with Gasteiger partial charge in [0.15, 0.2) is 12.4 Å². The molecule has 1 unspecified atom stereocenters. The molecular formula is C54H51N4OPt-. The van der Waals surface area contributed by atoms with Crippen molar-refractivity contribution in [3.63, 3.8) is 0 Å². The fourth-order valence-corrected chi connectivity index (χ4v) is 8.96. The van der Waals surface area contributed by atoms with E-state index in [1.165, 1.54) is 44.9 Å². The molecule has 0 saturated carbocycles. The molecule has 0 N–H and O–H groups in total. The van der Waals surface area contributed by atoms with Gasteiger partial charge in [-0.3, -0.25) is 0 Å². The number of rotatable bonds is 6. The molecule has 6 aromatic carbocycles. The third-order valence-electron chi connectivity index (χ3n) is 12.4. The Morgan fingerprint density at radius 1 is 0.550 bits per heavy atom. The van der Waals surface area contributed by atoms with Crippen LogP contribution in [0.4, 0.5) is 22.7 Å². The first kappa shape index (κ1) is 40.1. The smallest absolute Gasteiger partial charge is 0.225 e. The number of hydrogen-bond donors (Lipinski definition) is 0. The van der Waals surface area contributed by atoms with Crippen LogP contribution < -0.4 is 13.9 Å². The molecule has 2 atom stereocenters. The van der Waals surface area contributed by atoms with Crippen molar-refractivity contribution in [2.24, 2.45) is 0 Å². The number of ether oxygens (including phenoxy) is 1. The summed E-state index contributed by atoms with van der Waals surface area (Å²) in [5, 5.41) is 2.26. The molecule has 10 rings (SSSR count). The first-order chi connectivity index (χ1) is 28.1. The number of quaternary nitrogens is 2. The zero-order valence-corrected chi connectivity index (χ0v) is 38.1. The standard InChI is InChI=1S/C54H51N4O.Pt/c1-52(2,3)38-25-26-55-51(32-38)56-47-20-14-13-19-45(47)46-24-23-43(34-48(46)56)59-44-31-40(54(7,8)9)30-42(33-44)58-35-57(58,49-21-15-16-22-50(49)58)41-28-37(36-17-11-10-12-18-36)27-39(29-41)53(4,5)6;/h10-32,35H,1-9H3;/q-1;/t57-,58?;/m0./s1. The predicted molar refractivity (Wildman–Crippen MR) is 244 cm³/mol. The van der Waals surface area contributed by atoms with E-state index < -0.39 is 0 Å². The average molecular weight is 967 g/mol. The van der Waals surface area contributed by atoms with Gasteiger partial charge in [-0.05, 0) is 62.1 Å². The van der Waals surface area contributed by atoms with Crippen LogP contribution in [0.1, 0.15) is 79.0 Å². The van der Waals surface area contributed by atoms with Gasteiger partial charge in [0.05, 0.1) is 5.69 Å². The summed E-state index contributed by atoms with van der Waals surface area (Å²) in [5.74, 6) is 2.17. The number of aromatic nitrogens is 2. The van der Waals surface area contributed by atoms with Crippen LogP contribution in [0.3, 0.4) is 0 Å². The Kier molecular flexibility index (Phi) is 9.26. The number of hydrogen-bond acceptors (Lipinski definition) is 2. The minimum Gasteiger partial charge on any atom is -0.509 e. The molecule has 6 heteroatoms. The van der Waals surface area contributed by atoms with E-state index in [1.54, 1.807) is 0 Å². The molecule has 0 spiro atoms. The molecule has 0 amide bonds. The third-order valence-corrected chi connectivity index (χ3v) is 12.4. The Morgan fingerprint density at radius 3 is 1.92 bits per heavy atom. The van der Waals surface area contributed by atoms with Crippen molar-refractivity contribution in [3.05, 3.63) is 175 Å². The molecular weight excluding hydrogens is 916 g/mol. The van der Waals surface area contributed by atoms with Gasteiger partial charge in [0.1, 0.15) is 5.82 Å². The van der Waals surface area contributed by atoms with Gasteiger partial charge in [0.2, 0.25) is 11.4 Å². The third kappa shape index (κ3) is 6.20. The van der Waals surface area contributed by atoms with E-state index in [0.29, 0.717) is 20.7 Å². The molecule has 8 aromatic rings. The van der Waals surface area contributed by atoms with Crippen LogP contribution >= 0.6 is 0 Å². The molecule has 304 valence electrons. The van der Waals surface area contributed by atoms with E-state index in [4.69, 9.17) is 9.72 Å². The van der Waals surface area contributed by atoms with Crippen LogP contribution in [0.25, 0.3) is 38.8 Å². The molecule has 0 aliphatic carbocycles. The monoisotopic (exact) mass is 966 g/mol. The molecule has 4 heterocycles. The zero-order chi connectivity index (χ0) is 41.1. The number of para-hydroxylation sites is 3. The molecule has 1 saturated heterocycles. The summed E-state index contributed by atoms with van der Waals surface area (Å²) in [4.78, 5) is 4.89. The Morgan fingerprint density at radius 2 is 1.20 bits per heavy atom. The van der Waals surface area contributed by atoms with Gasteiger partial charge in [-0.1, -0.05) is 141 Å². The quantitative estimate of drug-likeness (QED) is 0.0943. The normalized spacial score (nSPS) is 18.4. The molecule has 2 aliphatic rings. The second-order valence-corrected chi connectivity index (χ2v) is 19.4. The van der Waals surface area contributed by atoms with Crippen molar-refractivity contribution >= 4 is 44.6 Å². The van der Waals surface area contributed by atoms with Crippen LogP contribution in [-0.2, 0) is 37.3 Å². The summed E-state index contributed by atoms with van der Waals surface area (Å²) in [6.07, 6.45) is 1.91. The van der Waals surface area contributed by atoms with Crippen molar-refractivity contribution in [1.29, 1.82) is 0 Å². The summed E-state index contributed by atoms with van der Waals surface area (Å²) in [7, 11) is 0.